The number of methoxy groups -OCH3 is 2. The van der Waals surface area contributed by atoms with E-state index < -0.39 is 21.9 Å². The van der Waals surface area contributed by atoms with E-state index in [0.29, 0.717) is 16.2 Å². The van der Waals surface area contributed by atoms with Gasteiger partial charge in [-0.3, -0.25) is 19.7 Å². The first-order chi connectivity index (χ1) is 26.1. The Hall–Kier alpha value is -6.48. The lowest BCUT2D eigenvalue weighted by Crippen LogP contribution is -2.39. The minimum absolute atomic E-state index is 0.0299. The molecule has 0 saturated carbocycles. The van der Waals surface area contributed by atoms with E-state index in [-0.39, 0.29) is 64.3 Å². The average molecular weight is 797 g/mol. The number of aromatic nitrogens is 10. The lowest BCUT2D eigenvalue weighted by molar-refractivity contribution is -0.121. The molecule has 0 fully saturated rings. The van der Waals surface area contributed by atoms with Gasteiger partial charge in [0, 0.05) is 37.6 Å². The molecule has 288 valence electrons. The number of carbonyl (C=O) groups is 2. The molecule has 2 aliphatic rings. The van der Waals surface area contributed by atoms with Gasteiger partial charge in [0.1, 0.15) is 17.3 Å². The van der Waals surface area contributed by atoms with Crippen molar-refractivity contribution in [3.63, 3.8) is 0 Å². The topological polar surface area (TPSA) is 241 Å². The van der Waals surface area contributed by atoms with E-state index in [2.05, 4.69) is 64.9 Å². The fourth-order valence-corrected chi connectivity index (χ4v) is 7.48. The first-order valence-electron chi connectivity index (χ1n) is 16.0. The molecule has 0 bridgehead atoms. The molecule has 0 aliphatic carbocycles. The molecular formula is C31H33FN14O7S2. The van der Waals surface area contributed by atoms with Gasteiger partial charge in [0.2, 0.25) is 28.3 Å². The lowest BCUT2D eigenvalue weighted by Gasteiger charge is -2.28. The summed E-state index contributed by atoms with van der Waals surface area (Å²) in [5, 5.41) is 17.1. The first kappa shape index (κ1) is 38.3. The van der Waals surface area contributed by atoms with Crippen LogP contribution in [-0.4, -0.2) is 96.6 Å². The van der Waals surface area contributed by atoms with Crippen LogP contribution in [0.1, 0.15) is 19.7 Å². The number of fused-ring (bicyclic) bond motifs is 2. The van der Waals surface area contributed by atoms with Crippen LogP contribution in [0.2, 0.25) is 0 Å². The van der Waals surface area contributed by atoms with E-state index in [0.717, 1.165) is 28.3 Å². The number of nitrogens with one attached hydrogen (secondary N) is 2. The Morgan fingerprint density at radius 1 is 1.18 bits per heavy atom. The zero-order valence-corrected chi connectivity index (χ0v) is 31.8. The molecule has 0 unspecified atom stereocenters. The van der Waals surface area contributed by atoms with E-state index in [9.17, 15) is 22.4 Å². The molecule has 7 rings (SSSR count). The van der Waals surface area contributed by atoms with Crippen LogP contribution >= 0.6 is 11.5 Å². The van der Waals surface area contributed by atoms with Crippen molar-refractivity contribution in [1.82, 2.24) is 53.6 Å². The Labute approximate surface area is 316 Å². The average Bonchev–Trinajstić information content (AvgIpc) is 3.90. The molecule has 4 aromatic heterocycles. The summed E-state index contributed by atoms with van der Waals surface area (Å²) in [7, 11) is 1.27. The molecule has 0 radical (unpaired) electrons. The molecule has 3 amide bonds. The van der Waals surface area contributed by atoms with Crippen molar-refractivity contribution in [2.45, 2.75) is 31.8 Å². The summed E-state index contributed by atoms with van der Waals surface area (Å²) >= 11 is 1.24. The minimum atomic E-state index is -4.36. The number of urea groups is 1. The van der Waals surface area contributed by atoms with Gasteiger partial charge in [0.25, 0.3) is 15.9 Å². The minimum Gasteiger partial charge on any atom is -0.481 e. The zero-order valence-electron chi connectivity index (χ0n) is 30.1. The van der Waals surface area contributed by atoms with E-state index in [1.807, 2.05) is 9.29 Å². The number of nitrogens with zero attached hydrogens (tertiary/aromatic N) is 12. The van der Waals surface area contributed by atoms with Crippen molar-refractivity contribution in [2.75, 3.05) is 37.6 Å². The number of amides is 3. The molecule has 5 aromatic rings. The zero-order chi connectivity index (χ0) is 39.7. The van der Waals surface area contributed by atoms with Crippen LogP contribution < -0.4 is 34.0 Å². The van der Waals surface area contributed by atoms with Crippen LogP contribution in [0.3, 0.4) is 0 Å². The third kappa shape index (κ3) is 8.21. The number of carbonyl (C=O) groups excluding carboxylic acids is 2. The number of sulfonamides is 1. The van der Waals surface area contributed by atoms with Crippen LogP contribution in [0.4, 0.5) is 26.5 Å². The molecule has 21 nitrogen and oxygen atoms in total. The maximum atomic E-state index is 14.5. The van der Waals surface area contributed by atoms with Gasteiger partial charge in [-0.15, -0.1) is 16.6 Å². The predicted octanol–water partition coefficient (Wildman–Crippen LogP) is 1.19. The molecule has 2 N–H and O–H groups in total. The van der Waals surface area contributed by atoms with Gasteiger partial charge in [-0.1, -0.05) is 19.8 Å². The second-order valence-electron chi connectivity index (χ2n) is 12.6. The molecular weight excluding hydrogens is 764 g/mol. The van der Waals surface area contributed by atoms with Crippen molar-refractivity contribution in [2.24, 2.45) is 24.5 Å². The fourth-order valence-electron chi connectivity index (χ4n) is 5.50. The standard InChI is InChI=1S/C18H17FN4O2S.C13H16N10O5S/c1-4-5-22-13-7-12(11(19)6-14(13)25-9-16(22)24)20-17-23-10-18(2,3)8-15(23)21-26-17;1-22-11(7(6-14-22)10-18-21-23(2)19-10)29(25,26)20-13(24)17-12-15-8(27-3)5-9(16-12)28-4/h1,6-7H,5,8-10H2,2-3H3;5-6H,1-4H3,(H2,15,16,17,20,24)/b20-17-;. The largest absolute Gasteiger partial charge is 0.481 e. The van der Waals surface area contributed by atoms with Crippen molar-refractivity contribution in [3.8, 4) is 41.2 Å². The molecule has 55 heavy (non-hydrogen) atoms. The summed E-state index contributed by atoms with van der Waals surface area (Å²) in [5.74, 6) is 2.94. The first-order valence-corrected chi connectivity index (χ1v) is 18.2. The maximum absolute atomic E-state index is 14.5. The molecule has 2 aliphatic heterocycles. The summed E-state index contributed by atoms with van der Waals surface area (Å²) in [4.78, 5) is 39.7. The number of anilines is 2. The number of rotatable bonds is 8. The SMILES string of the molecule is C#CCN1C(=O)COc2cc(F)c(/N=c3\snc4n3CC(C)(C)C4)cc21.COc1cc(OC)nc(NC(=O)NS(=O)(=O)c2c(-c3nnn(C)n3)cnn2C)n1. The number of halogens is 1. The summed E-state index contributed by atoms with van der Waals surface area (Å²) in [5.41, 5.74) is 0.748. The summed E-state index contributed by atoms with van der Waals surface area (Å²) < 4.78 is 64.7. The summed E-state index contributed by atoms with van der Waals surface area (Å²) in [6.07, 6.45) is 7.47. The Morgan fingerprint density at radius 3 is 2.56 bits per heavy atom. The van der Waals surface area contributed by atoms with E-state index in [1.165, 1.54) is 69.1 Å². The fraction of sp³-hybridized carbons (Fsp3) is 0.355. The number of terminal acetylenes is 1. The van der Waals surface area contributed by atoms with Crippen molar-refractivity contribution in [1.29, 1.82) is 0 Å². The van der Waals surface area contributed by atoms with Crippen molar-refractivity contribution < 1.29 is 36.6 Å². The van der Waals surface area contributed by atoms with Gasteiger partial charge in [0.15, 0.2) is 17.5 Å². The number of hydrogen-bond donors (Lipinski definition) is 2. The Bertz CT molecular complexity index is 2500. The molecule has 0 saturated heterocycles. The van der Waals surface area contributed by atoms with E-state index >= 15 is 0 Å². The number of hydrogen-bond acceptors (Lipinski definition) is 16. The predicted molar refractivity (Wildman–Crippen MR) is 191 cm³/mol. The number of aryl methyl sites for hydroxylation is 2. The molecule has 1 aromatic carbocycles. The number of ether oxygens (including phenoxy) is 3. The highest BCUT2D eigenvalue weighted by Gasteiger charge is 2.32. The van der Waals surface area contributed by atoms with Gasteiger partial charge in [-0.05, 0) is 16.7 Å². The molecule has 0 atom stereocenters. The molecule has 24 heteroatoms. The van der Waals surface area contributed by atoms with Crippen LogP contribution in [0, 0.1) is 23.6 Å². The molecule has 6 heterocycles. The second kappa shape index (κ2) is 15.1. The Balaban J connectivity index is 0.000000188. The van der Waals surface area contributed by atoms with E-state index in [4.69, 9.17) is 20.6 Å². The van der Waals surface area contributed by atoms with Gasteiger partial charge in [0.05, 0.1) is 51.3 Å². The summed E-state index contributed by atoms with van der Waals surface area (Å²) in [6, 6.07) is 3.03. The molecule has 0 spiro atoms. The summed E-state index contributed by atoms with van der Waals surface area (Å²) in [6.45, 7) is 5.05. The second-order valence-corrected chi connectivity index (χ2v) is 14.9. The monoisotopic (exact) mass is 796 g/mol. The van der Waals surface area contributed by atoms with Gasteiger partial charge >= 0.3 is 6.03 Å². The quantitative estimate of drug-likeness (QED) is 0.210. The lowest BCUT2D eigenvalue weighted by atomic mass is 9.92. The maximum Gasteiger partial charge on any atom is 0.335 e. The van der Waals surface area contributed by atoms with Crippen LogP contribution in [0.25, 0.3) is 11.4 Å². The van der Waals surface area contributed by atoms with Crippen molar-refractivity contribution >= 4 is 50.8 Å². The third-order valence-corrected chi connectivity index (χ3v) is 10.1. The van der Waals surface area contributed by atoms with Gasteiger partial charge in [-0.25, -0.2) is 18.9 Å². The number of benzene rings is 1. The number of tetrazole rings is 1. The van der Waals surface area contributed by atoms with Gasteiger partial charge < -0.3 is 18.8 Å². The van der Waals surface area contributed by atoms with Gasteiger partial charge in [-0.2, -0.15) is 32.7 Å². The van der Waals surface area contributed by atoms with E-state index in [1.54, 1.807) is 0 Å². The Morgan fingerprint density at radius 2 is 1.91 bits per heavy atom. The van der Waals surface area contributed by atoms with Crippen LogP contribution in [-0.2, 0) is 41.9 Å². The van der Waals surface area contributed by atoms with Crippen LogP contribution in [0.5, 0.6) is 17.5 Å². The highest BCUT2D eigenvalue weighted by Crippen LogP contribution is 2.37. The van der Waals surface area contributed by atoms with Crippen molar-refractivity contribution in [3.05, 3.63) is 40.8 Å². The Kier molecular flexibility index (Phi) is 10.5. The normalized spacial score (nSPS) is 14.5. The van der Waals surface area contributed by atoms with Crippen LogP contribution in [0.15, 0.2) is 34.4 Å². The third-order valence-electron chi connectivity index (χ3n) is 7.87. The highest BCUT2D eigenvalue weighted by molar-refractivity contribution is 7.90. The smallest absolute Gasteiger partial charge is 0.335 e. The highest BCUT2D eigenvalue weighted by atomic mass is 32.2.